The molecule has 0 aliphatic heterocycles. The van der Waals surface area contributed by atoms with Gasteiger partial charge in [-0.15, -0.1) is 0 Å². The topological polar surface area (TPSA) is 133 Å². The van der Waals surface area contributed by atoms with Crippen molar-refractivity contribution in [3.63, 3.8) is 0 Å². The number of hydrogen-bond donors (Lipinski definition) is 2. The van der Waals surface area contributed by atoms with Crippen LogP contribution in [0.5, 0.6) is 0 Å². The molecule has 10 heteroatoms. The molecule has 0 aliphatic rings. The second kappa shape index (κ2) is 9.69. The molecule has 0 aliphatic carbocycles. The molecule has 8 nitrogen and oxygen atoms in total. The minimum atomic E-state index is -4.30. The highest BCUT2D eigenvalue weighted by Crippen LogP contribution is 2.14. The lowest BCUT2D eigenvalue weighted by Crippen LogP contribution is -2.03. The van der Waals surface area contributed by atoms with Crippen LogP contribution < -0.4 is 0 Å². The van der Waals surface area contributed by atoms with Crippen molar-refractivity contribution in [1.82, 2.24) is 0 Å². The number of hydrogen-bond acceptors (Lipinski definition) is 6. The van der Waals surface area contributed by atoms with Gasteiger partial charge in [-0.1, -0.05) is 36.4 Å². The molecule has 150 valence electrons. The normalized spacial score (nSPS) is 12.8. The first-order valence-corrected chi connectivity index (χ1v) is 11.2. The van der Waals surface area contributed by atoms with Crippen molar-refractivity contribution in [2.45, 2.75) is 22.6 Å². The van der Waals surface area contributed by atoms with Gasteiger partial charge in [-0.25, -0.2) is 0 Å². The Kier molecular flexibility index (Phi) is 7.58. The first kappa shape index (κ1) is 21.9. The Labute approximate surface area is 164 Å². The van der Waals surface area contributed by atoms with Gasteiger partial charge in [0.15, 0.2) is 0 Å². The van der Waals surface area contributed by atoms with E-state index < -0.39 is 20.2 Å². The van der Waals surface area contributed by atoms with Crippen molar-refractivity contribution >= 4 is 32.7 Å². The molecule has 0 unspecified atom stereocenters. The van der Waals surface area contributed by atoms with Crippen molar-refractivity contribution in [3.05, 3.63) is 59.7 Å². The van der Waals surface area contributed by atoms with Crippen LogP contribution in [-0.4, -0.2) is 51.5 Å². The minimum absolute atomic E-state index is 0.194. The summed E-state index contributed by atoms with van der Waals surface area (Å²) in [6.07, 6.45) is 4.16. The Balaban J connectivity index is 1.84. The quantitative estimate of drug-likeness (QED) is 0.361. The van der Waals surface area contributed by atoms with Gasteiger partial charge >= 0.3 is 0 Å². The van der Waals surface area contributed by atoms with Gasteiger partial charge in [-0.05, 0) is 25.0 Å². The Morgan fingerprint density at radius 1 is 0.679 bits per heavy atom. The molecule has 0 saturated heterocycles. The molecule has 0 atom stereocenters. The van der Waals surface area contributed by atoms with E-state index in [9.17, 15) is 25.9 Å². The van der Waals surface area contributed by atoms with E-state index in [0.29, 0.717) is 37.1 Å². The summed E-state index contributed by atoms with van der Waals surface area (Å²) in [5.41, 5.74) is 0.620. The fourth-order valence-electron chi connectivity index (χ4n) is 2.38. The predicted molar refractivity (Wildman–Crippen MR) is 107 cm³/mol. The van der Waals surface area contributed by atoms with Gasteiger partial charge in [0.1, 0.15) is 9.79 Å². The molecule has 0 bridgehead atoms. The summed E-state index contributed by atoms with van der Waals surface area (Å²) < 4.78 is 63.5. The van der Waals surface area contributed by atoms with Crippen molar-refractivity contribution in [2.24, 2.45) is 9.98 Å². The second-order valence-corrected chi connectivity index (χ2v) is 8.58. The fourth-order valence-corrected chi connectivity index (χ4v) is 3.71. The van der Waals surface area contributed by atoms with Crippen molar-refractivity contribution in [2.75, 3.05) is 13.1 Å². The Morgan fingerprint density at radius 2 is 1.04 bits per heavy atom. The Hall–Kier alpha value is -2.40. The van der Waals surface area contributed by atoms with E-state index in [4.69, 9.17) is 0 Å². The highest BCUT2D eigenvalue weighted by molar-refractivity contribution is 7.86. The maximum absolute atomic E-state index is 11.3. The maximum Gasteiger partial charge on any atom is 0.295 e. The lowest BCUT2D eigenvalue weighted by atomic mass is 10.2. The summed E-state index contributed by atoms with van der Waals surface area (Å²) in [6, 6.07) is 12.0. The van der Waals surface area contributed by atoms with Gasteiger partial charge in [0.2, 0.25) is 0 Å². The highest BCUT2D eigenvalue weighted by Gasteiger charge is 2.13. The van der Waals surface area contributed by atoms with Gasteiger partial charge in [-0.2, -0.15) is 16.8 Å². The van der Waals surface area contributed by atoms with Gasteiger partial charge in [0.25, 0.3) is 20.2 Å². The lowest BCUT2D eigenvalue weighted by Gasteiger charge is -2.02. The SMILES string of the molecule is O=S(=O)(O)c1ccccc1C=NCCCCN=Cc1ccccc1S(=O)(=O)O. The zero-order valence-corrected chi connectivity index (χ0v) is 16.5. The molecule has 0 fully saturated rings. The first-order valence-electron chi connectivity index (χ1n) is 8.32. The second-order valence-electron chi connectivity index (χ2n) is 5.80. The number of benzene rings is 2. The van der Waals surface area contributed by atoms with Crippen LogP contribution in [0, 0.1) is 0 Å². The standard InChI is InChI=1S/C18H20N2O6S2/c21-27(22,23)17-9-3-1-7-15(17)13-19-11-5-6-12-20-14-16-8-2-4-10-18(16)28(24,25)26/h1-4,7-10,13-14H,5-6,11-12H2,(H,21,22,23)(H,24,25,26). The third-order valence-electron chi connectivity index (χ3n) is 3.68. The largest absolute Gasteiger partial charge is 0.295 e. The molecular formula is C18H20N2O6S2. The molecule has 2 aromatic rings. The lowest BCUT2D eigenvalue weighted by molar-refractivity contribution is 0.481. The van der Waals surface area contributed by atoms with Gasteiger partial charge in [0, 0.05) is 36.6 Å². The van der Waals surface area contributed by atoms with E-state index in [0.717, 1.165) is 0 Å². The molecule has 0 amide bonds. The molecule has 2 rings (SSSR count). The van der Waals surface area contributed by atoms with Crippen LogP contribution in [0.25, 0.3) is 0 Å². The monoisotopic (exact) mass is 424 g/mol. The van der Waals surface area contributed by atoms with E-state index in [2.05, 4.69) is 9.98 Å². The summed E-state index contributed by atoms with van der Waals surface area (Å²) in [4.78, 5) is 7.92. The van der Waals surface area contributed by atoms with Crippen LogP contribution in [0.3, 0.4) is 0 Å². The third kappa shape index (κ3) is 6.64. The summed E-state index contributed by atoms with van der Waals surface area (Å²) in [6.45, 7) is 0.883. The van der Waals surface area contributed by atoms with Gasteiger partial charge < -0.3 is 0 Å². The smallest absolute Gasteiger partial charge is 0.293 e. The molecule has 0 heterocycles. The van der Waals surface area contributed by atoms with Crippen LogP contribution in [0.4, 0.5) is 0 Å². The molecule has 0 spiro atoms. The van der Waals surface area contributed by atoms with Crippen LogP contribution in [0.2, 0.25) is 0 Å². The van der Waals surface area contributed by atoms with Crippen LogP contribution in [0.15, 0.2) is 68.3 Å². The number of aliphatic imine (C=N–C) groups is 2. The molecule has 2 N–H and O–H groups in total. The first-order chi connectivity index (χ1) is 13.2. The molecule has 2 aromatic carbocycles. The number of nitrogens with zero attached hydrogens (tertiary/aromatic N) is 2. The van der Waals surface area contributed by atoms with Gasteiger partial charge in [-0.3, -0.25) is 19.1 Å². The summed E-state index contributed by atoms with van der Waals surface area (Å²) in [5.74, 6) is 0. The van der Waals surface area contributed by atoms with Gasteiger partial charge in [0.05, 0.1) is 0 Å². The Bertz CT molecular complexity index is 989. The average Bonchev–Trinajstić information content (AvgIpc) is 2.63. The minimum Gasteiger partial charge on any atom is -0.293 e. The Morgan fingerprint density at radius 3 is 1.39 bits per heavy atom. The fraction of sp³-hybridized carbons (Fsp3) is 0.222. The molecule has 0 saturated carbocycles. The summed E-state index contributed by atoms with van der Waals surface area (Å²) >= 11 is 0. The van der Waals surface area contributed by atoms with Crippen molar-refractivity contribution in [3.8, 4) is 0 Å². The van der Waals surface area contributed by atoms with Crippen LogP contribution in [0.1, 0.15) is 24.0 Å². The highest BCUT2D eigenvalue weighted by atomic mass is 32.2. The molecular weight excluding hydrogens is 404 g/mol. The van der Waals surface area contributed by atoms with E-state index in [1.54, 1.807) is 24.3 Å². The average molecular weight is 425 g/mol. The predicted octanol–water partition coefficient (Wildman–Crippen LogP) is 2.50. The zero-order chi connectivity index (χ0) is 20.6. The molecule has 0 radical (unpaired) electrons. The number of rotatable bonds is 9. The summed E-state index contributed by atoms with van der Waals surface area (Å²) in [7, 11) is -8.60. The molecule has 0 aromatic heterocycles. The van der Waals surface area contributed by atoms with Crippen LogP contribution >= 0.6 is 0 Å². The third-order valence-corrected chi connectivity index (χ3v) is 5.53. The maximum atomic E-state index is 11.3. The summed E-state index contributed by atoms with van der Waals surface area (Å²) in [5, 5.41) is 0. The van der Waals surface area contributed by atoms with E-state index in [1.807, 2.05) is 0 Å². The van der Waals surface area contributed by atoms with Crippen molar-refractivity contribution < 1.29 is 25.9 Å². The van der Waals surface area contributed by atoms with E-state index in [1.165, 1.54) is 36.7 Å². The van der Waals surface area contributed by atoms with Crippen molar-refractivity contribution in [1.29, 1.82) is 0 Å². The zero-order valence-electron chi connectivity index (χ0n) is 14.8. The molecule has 28 heavy (non-hydrogen) atoms. The van der Waals surface area contributed by atoms with E-state index >= 15 is 0 Å². The van der Waals surface area contributed by atoms with Crippen LogP contribution in [-0.2, 0) is 20.2 Å². The van der Waals surface area contributed by atoms with E-state index in [-0.39, 0.29) is 9.79 Å². The number of unbranched alkanes of at least 4 members (excludes halogenated alkanes) is 1.